The number of rotatable bonds is 6. The summed E-state index contributed by atoms with van der Waals surface area (Å²) in [6.45, 7) is -1.21. The fourth-order valence-corrected chi connectivity index (χ4v) is 2.25. The number of β-lactam (4-membered cyclic amide) rings is 1. The second-order valence-corrected chi connectivity index (χ2v) is 4.53. The highest BCUT2D eigenvalue weighted by Gasteiger charge is 2.52. The number of carboxylic acids is 1. The Morgan fingerprint density at radius 2 is 2.22 bits per heavy atom. The Labute approximate surface area is 100 Å². The molecule has 1 fully saturated rings. The molecule has 0 aromatic carbocycles. The molecule has 0 spiro atoms. The molecular weight excluding hydrogens is 272 g/mol. The zero-order valence-corrected chi connectivity index (χ0v) is 9.52. The summed E-state index contributed by atoms with van der Waals surface area (Å²) in [5.74, 6) is -2.39. The van der Waals surface area contributed by atoms with E-state index in [0.717, 1.165) is 0 Å². The van der Waals surface area contributed by atoms with Gasteiger partial charge in [0.25, 0.3) is 0 Å². The normalized spacial score (nSPS) is 23.2. The molecule has 0 saturated carbocycles. The van der Waals surface area contributed by atoms with Crippen LogP contribution in [0.1, 0.15) is 0 Å². The van der Waals surface area contributed by atoms with Gasteiger partial charge in [-0.05, 0) is 5.53 Å². The third-order valence-corrected chi connectivity index (χ3v) is 3.02. The molecule has 100 valence electrons. The molecule has 1 saturated heterocycles. The monoisotopic (exact) mass is 280 g/mol. The van der Waals surface area contributed by atoms with Crippen molar-refractivity contribution in [3.63, 3.8) is 0 Å². The lowest BCUT2D eigenvalue weighted by molar-refractivity contribution is -0.147. The van der Waals surface area contributed by atoms with Crippen molar-refractivity contribution in [2.45, 2.75) is 12.1 Å². The van der Waals surface area contributed by atoms with Crippen molar-refractivity contribution >= 4 is 22.2 Å². The fourth-order valence-electron chi connectivity index (χ4n) is 1.40. The molecule has 1 aliphatic rings. The SMILES string of the molecule is [N-]=[N+]=N[C@@H]1C(=O)N(S(=O)(=O)O)[C@@H]1COCC(=O)O. The van der Waals surface area contributed by atoms with Crippen LogP contribution in [0.25, 0.3) is 10.4 Å². The van der Waals surface area contributed by atoms with Crippen molar-refractivity contribution in [1.82, 2.24) is 4.31 Å². The van der Waals surface area contributed by atoms with E-state index in [2.05, 4.69) is 14.8 Å². The van der Waals surface area contributed by atoms with Gasteiger partial charge >= 0.3 is 16.3 Å². The lowest BCUT2D eigenvalue weighted by Crippen LogP contribution is -2.67. The molecule has 2 atom stereocenters. The van der Waals surface area contributed by atoms with E-state index in [1.165, 1.54) is 0 Å². The second kappa shape index (κ2) is 5.18. The first-order valence-corrected chi connectivity index (χ1v) is 5.83. The summed E-state index contributed by atoms with van der Waals surface area (Å²) in [5, 5.41) is 11.3. The van der Waals surface area contributed by atoms with Gasteiger partial charge in [-0.25, -0.2) is 9.10 Å². The van der Waals surface area contributed by atoms with Crippen molar-refractivity contribution < 1.29 is 32.4 Å². The minimum absolute atomic E-state index is 0.0776. The van der Waals surface area contributed by atoms with Gasteiger partial charge in [0.1, 0.15) is 12.6 Å². The maximum absolute atomic E-state index is 11.3. The number of aliphatic carboxylic acids is 1. The molecule has 1 amide bonds. The molecule has 0 radical (unpaired) electrons. The molecule has 1 aliphatic heterocycles. The predicted octanol–water partition coefficient (Wildman–Crippen LogP) is -1.22. The molecule has 1 heterocycles. The second-order valence-electron chi connectivity index (χ2n) is 3.24. The Kier molecular flexibility index (Phi) is 4.08. The first-order valence-electron chi connectivity index (χ1n) is 4.43. The van der Waals surface area contributed by atoms with Gasteiger partial charge in [-0.3, -0.25) is 9.35 Å². The average molecular weight is 280 g/mol. The van der Waals surface area contributed by atoms with Crippen LogP contribution < -0.4 is 0 Å². The zero-order valence-electron chi connectivity index (χ0n) is 8.70. The van der Waals surface area contributed by atoms with E-state index >= 15 is 0 Å². The number of hydrogen-bond acceptors (Lipinski definition) is 6. The van der Waals surface area contributed by atoms with Crippen molar-refractivity contribution in [3.05, 3.63) is 10.4 Å². The van der Waals surface area contributed by atoms with Gasteiger partial charge in [-0.2, -0.15) is 8.42 Å². The summed E-state index contributed by atoms with van der Waals surface area (Å²) >= 11 is 0. The van der Waals surface area contributed by atoms with E-state index in [1.54, 1.807) is 0 Å². The quantitative estimate of drug-likeness (QED) is 0.202. The summed E-state index contributed by atoms with van der Waals surface area (Å²) in [6, 6.07) is -2.59. The van der Waals surface area contributed by atoms with Crippen LogP contribution in [-0.4, -0.2) is 59.6 Å². The van der Waals surface area contributed by atoms with Gasteiger partial charge in [0.15, 0.2) is 0 Å². The van der Waals surface area contributed by atoms with Crippen LogP contribution in [0.3, 0.4) is 0 Å². The Morgan fingerprint density at radius 1 is 1.61 bits per heavy atom. The summed E-state index contributed by atoms with van der Waals surface area (Å²) < 4.78 is 35.1. The van der Waals surface area contributed by atoms with Crippen molar-refractivity contribution in [2.75, 3.05) is 13.2 Å². The third-order valence-electron chi connectivity index (χ3n) is 2.07. The first-order chi connectivity index (χ1) is 8.29. The maximum atomic E-state index is 11.3. The number of nitrogens with zero attached hydrogens (tertiary/aromatic N) is 4. The van der Waals surface area contributed by atoms with Gasteiger partial charge < -0.3 is 9.84 Å². The molecule has 0 unspecified atom stereocenters. The summed E-state index contributed by atoms with van der Waals surface area (Å²) in [7, 11) is -4.79. The molecule has 0 aliphatic carbocycles. The summed E-state index contributed by atoms with van der Waals surface area (Å²) in [4.78, 5) is 23.8. The molecule has 11 nitrogen and oxygen atoms in total. The maximum Gasteiger partial charge on any atom is 0.362 e. The fraction of sp³-hybridized carbons (Fsp3) is 0.667. The lowest BCUT2D eigenvalue weighted by Gasteiger charge is -2.41. The van der Waals surface area contributed by atoms with E-state index in [4.69, 9.17) is 15.2 Å². The third kappa shape index (κ3) is 2.87. The number of carbonyl (C=O) groups excluding carboxylic acids is 1. The van der Waals surface area contributed by atoms with E-state index in [9.17, 15) is 18.0 Å². The minimum atomic E-state index is -4.79. The number of azide groups is 1. The summed E-state index contributed by atoms with van der Waals surface area (Å²) in [5.41, 5.74) is 8.18. The molecule has 2 N–H and O–H groups in total. The highest BCUT2D eigenvalue weighted by atomic mass is 32.2. The standard InChI is InChI=1S/C6H8N4O7S/c7-9-8-5-3(1-17-2-4(11)12)10(6(5)13)18(14,15)16/h3,5H,1-2H2,(H,11,12)(H,14,15,16)/t3-,5+/m1/s1. The van der Waals surface area contributed by atoms with Gasteiger partial charge in [-0.1, -0.05) is 5.11 Å². The molecule has 0 aromatic rings. The zero-order chi connectivity index (χ0) is 13.9. The van der Waals surface area contributed by atoms with Crippen molar-refractivity contribution in [1.29, 1.82) is 0 Å². The Hall–Kier alpha value is -1.88. The average Bonchev–Trinajstić information content (AvgIpc) is 2.22. The van der Waals surface area contributed by atoms with Gasteiger partial charge in [0.2, 0.25) is 5.91 Å². The molecule has 12 heteroatoms. The number of carboxylic acid groups (broad SMARTS) is 1. The predicted molar refractivity (Wildman–Crippen MR) is 53.6 cm³/mol. The van der Waals surface area contributed by atoms with Gasteiger partial charge in [0.05, 0.1) is 12.6 Å². The Morgan fingerprint density at radius 3 is 2.67 bits per heavy atom. The lowest BCUT2D eigenvalue weighted by atomic mass is 10.0. The van der Waals surface area contributed by atoms with Crippen LogP contribution in [0.5, 0.6) is 0 Å². The number of carbonyl (C=O) groups is 2. The molecular formula is C6H8N4O7S. The summed E-state index contributed by atoms with van der Waals surface area (Å²) in [6.07, 6.45) is 0. The van der Waals surface area contributed by atoms with Gasteiger partial charge in [-0.15, -0.1) is 0 Å². The van der Waals surface area contributed by atoms with Crippen LogP contribution in [0.4, 0.5) is 0 Å². The highest BCUT2D eigenvalue weighted by Crippen LogP contribution is 2.26. The molecule has 0 bridgehead atoms. The van der Waals surface area contributed by atoms with Crippen LogP contribution in [-0.2, 0) is 24.6 Å². The van der Waals surface area contributed by atoms with Crippen molar-refractivity contribution in [2.24, 2.45) is 5.11 Å². The number of ether oxygens (including phenoxy) is 1. The number of hydrogen-bond donors (Lipinski definition) is 2. The van der Waals surface area contributed by atoms with E-state index in [-0.39, 0.29) is 4.31 Å². The Bertz CT molecular complexity index is 510. The topological polar surface area (TPSA) is 170 Å². The smallest absolute Gasteiger partial charge is 0.362 e. The van der Waals surface area contributed by atoms with Gasteiger partial charge in [0, 0.05) is 4.91 Å². The van der Waals surface area contributed by atoms with Crippen molar-refractivity contribution in [3.8, 4) is 0 Å². The van der Waals surface area contributed by atoms with Crippen LogP contribution in [0.2, 0.25) is 0 Å². The van der Waals surface area contributed by atoms with E-state index in [0.29, 0.717) is 0 Å². The highest BCUT2D eigenvalue weighted by molar-refractivity contribution is 7.84. The minimum Gasteiger partial charge on any atom is -0.480 e. The van der Waals surface area contributed by atoms with E-state index < -0.39 is 47.5 Å². The molecule has 1 rings (SSSR count). The largest absolute Gasteiger partial charge is 0.480 e. The number of amides is 1. The van der Waals surface area contributed by atoms with Crippen LogP contribution in [0.15, 0.2) is 5.11 Å². The Balaban J connectivity index is 2.77. The molecule has 0 aromatic heterocycles. The molecule has 18 heavy (non-hydrogen) atoms. The first kappa shape index (κ1) is 14.2. The van der Waals surface area contributed by atoms with Crippen LogP contribution >= 0.6 is 0 Å². The van der Waals surface area contributed by atoms with E-state index in [1.807, 2.05) is 0 Å². The van der Waals surface area contributed by atoms with Crippen LogP contribution in [0, 0.1) is 0 Å².